The van der Waals surface area contributed by atoms with Crippen molar-refractivity contribution in [2.24, 2.45) is 0 Å². The number of amides is 1. The lowest BCUT2D eigenvalue weighted by molar-refractivity contribution is -0.142. The average molecular weight is 345 g/mol. The van der Waals surface area contributed by atoms with Crippen molar-refractivity contribution in [3.8, 4) is 0 Å². The maximum atomic E-state index is 11.7. The molecule has 1 heterocycles. The van der Waals surface area contributed by atoms with E-state index in [4.69, 9.17) is 5.11 Å². The van der Waals surface area contributed by atoms with Crippen molar-refractivity contribution < 1.29 is 14.7 Å². The molecule has 0 aliphatic carbocycles. The Morgan fingerprint density at radius 1 is 1.45 bits per heavy atom. The van der Waals surface area contributed by atoms with Crippen LogP contribution in [-0.4, -0.2) is 27.6 Å². The molecule has 0 saturated heterocycles. The van der Waals surface area contributed by atoms with Crippen LogP contribution >= 0.6 is 15.9 Å². The van der Waals surface area contributed by atoms with Crippen LogP contribution in [0, 0.1) is 0 Å². The first-order valence-electron chi connectivity index (χ1n) is 6.32. The van der Waals surface area contributed by atoms with E-state index in [0.29, 0.717) is 12.8 Å². The fourth-order valence-electron chi connectivity index (χ4n) is 1.71. The number of aromatic nitrogens is 1. The highest BCUT2D eigenvalue weighted by Gasteiger charge is 2.18. The molecule has 0 spiro atoms. The van der Waals surface area contributed by atoms with E-state index in [0.717, 1.165) is 4.47 Å². The minimum Gasteiger partial charge on any atom is -0.480 e. The summed E-state index contributed by atoms with van der Waals surface area (Å²) in [6.45, 7) is 2.06. The maximum Gasteiger partial charge on any atom is 0.326 e. The zero-order valence-corrected chi connectivity index (χ0v) is 12.7. The third-order valence-corrected chi connectivity index (χ3v) is 3.21. The molecule has 1 atom stereocenters. The van der Waals surface area contributed by atoms with E-state index in [1.807, 2.05) is 6.92 Å². The van der Waals surface area contributed by atoms with Crippen LogP contribution in [-0.2, 0) is 16.1 Å². The number of rotatable bonds is 7. The molecule has 110 valence electrons. The predicted molar refractivity (Wildman–Crippen MR) is 77.5 cm³/mol. The molecule has 6 nitrogen and oxygen atoms in total. The van der Waals surface area contributed by atoms with Crippen molar-refractivity contribution in [3.63, 3.8) is 0 Å². The quantitative estimate of drug-likeness (QED) is 0.781. The Morgan fingerprint density at radius 3 is 2.75 bits per heavy atom. The molecule has 1 rings (SSSR count). The highest BCUT2D eigenvalue weighted by Crippen LogP contribution is 2.05. The Kier molecular flexibility index (Phi) is 6.44. The standard InChI is InChI=1S/C13H17BrN2O4/c1-2-3-10(13(19)20)15-11(17)6-7-16-8-9(14)4-5-12(16)18/h4-5,8,10H,2-3,6-7H2,1H3,(H,15,17)(H,19,20). The number of carbonyl (C=O) groups excluding carboxylic acids is 1. The van der Waals surface area contributed by atoms with Gasteiger partial charge in [-0.2, -0.15) is 0 Å². The molecule has 0 aliphatic rings. The highest BCUT2D eigenvalue weighted by molar-refractivity contribution is 9.10. The van der Waals surface area contributed by atoms with Gasteiger partial charge < -0.3 is 15.0 Å². The third-order valence-electron chi connectivity index (χ3n) is 2.74. The number of nitrogens with zero attached hydrogens (tertiary/aromatic N) is 1. The van der Waals surface area contributed by atoms with Crippen LogP contribution in [0.15, 0.2) is 27.6 Å². The van der Waals surface area contributed by atoms with E-state index in [1.54, 1.807) is 12.3 Å². The minimum atomic E-state index is -1.04. The summed E-state index contributed by atoms with van der Waals surface area (Å²) in [6, 6.07) is 2.16. The van der Waals surface area contributed by atoms with E-state index in [1.165, 1.54) is 10.6 Å². The smallest absolute Gasteiger partial charge is 0.326 e. The van der Waals surface area contributed by atoms with Gasteiger partial charge in [-0.15, -0.1) is 0 Å². The van der Waals surface area contributed by atoms with E-state index in [-0.39, 0.29) is 24.4 Å². The molecular weight excluding hydrogens is 328 g/mol. The van der Waals surface area contributed by atoms with Crippen LogP contribution in [0.25, 0.3) is 0 Å². The van der Waals surface area contributed by atoms with Crippen LogP contribution in [0.3, 0.4) is 0 Å². The maximum absolute atomic E-state index is 11.7. The molecule has 0 aliphatic heterocycles. The second-order valence-corrected chi connectivity index (χ2v) is 5.29. The van der Waals surface area contributed by atoms with E-state index >= 15 is 0 Å². The first-order chi connectivity index (χ1) is 9.43. The zero-order valence-electron chi connectivity index (χ0n) is 11.1. The molecule has 7 heteroatoms. The molecule has 1 unspecified atom stereocenters. The van der Waals surface area contributed by atoms with Crippen LogP contribution < -0.4 is 10.9 Å². The van der Waals surface area contributed by atoms with Crippen molar-refractivity contribution in [2.45, 2.75) is 38.8 Å². The van der Waals surface area contributed by atoms with Gasteiger partial charge in [-0.25, -0.2) is 4.79 Å². The lowest BCUT2D eigenvalue weighted by Crippen LogP contribution is -2.41. The number of aryl methyl sites for hydroxylation is 1. The summed E-state index contributed by atoms with van der Waals surface area (Å²) in [5, 5.41) is 11.4. The van der Waals surface area contributed by atoms with Crippen molar-refractivity contribution in [1.29, 1.82) is 0 Å². The second kappa shape index (κ2) is 7.84. The molecule has 0 saturated carbocycles. The van der Waals surface area contributed by atoms with Gasteiger partial charge in [-0.3, -0.25) is 9.59 Å². The number of pyridine rings is 1. The van der Waals surface area contributed by atoms with Gasteiger partial charge in [0.25, 0.3) is 5.56 Å². The van der Waals surface area contributed by atoms with E-state index < -0.39 is 12.0 Å². The van der Waals surface area contributed by atoms with Crippen molar-refractivity contribution in [1.82, 2.24) is 9.88 Å². The number of hydrogen-bond acceptors (Lipinski definition) is 3. The first kappa shape index (κ1) is 16.4. The lowest BCUT2D eigenvalue weighted by atomic mass is 10.1. The van der Waals surface area contributed by atoms with Gasteiger partial charge in [0.2, 0.25) is 5.91 Å². The number of carboxylic acids is 1. The zero-order chi connectivity index (χ0) is 15.1. The van der Waals surface area contributed by atoms with Gasteiger partial charge in [0, 0.05) is 29.7 Å². The topological polar surface area (TPSA) is 88.4 Å². The largest absolute Gasteiger partial charge is 0.480 e. The number of hydrogen-bond donors (Lipinski definition) is 2. The van der Waals surface area contributed by atoms with Gasteiger partial charge in [0.1, 0.15) is 6.04 Å². The molecule has 1 amide bonds. The Labute approximate surface area is 124 Å². The fraction of sp³-hybridized carbons (Fsp3) is 0.462. The van der Waals surface area contributed by atoms with Gasteiger partial charge in [-0.05, 0) is 28.4 Å². The molecule has 1 aromatic rings. The van der Waals surface area contributed by atoms with Gasteiger partial charge >= 0.3 is 5.97 Å². The van der Waals surface area contributed by atoms with Crippen LogP contribution in [0.2, 0.25) is 0 Å². The molecule has 20 heavy (non-hydrogen) atoms. The summed E-state index contributed by atoms with van der Waals surface area (Å²) in [7, 11) is 0. The number of carbonyl (C=O) groups is 2. The summed E-state index contributed by atoms with van der Waals surface area (Å²) in [6.07, 6.45) is 2.71. The number of aliphatic carboxylic acids is 1. The van der Waals surface area contributed by atoms with E-state index in [2.05, 4.69) is 21.2 Å². The SMILES string of the molecule is CCCC(NC(=O)CCn1cc(Br)ccc1=O)C(=O)O. The van der Waals surface area contributed by atoms with Gasteiger partial charge in [0.05, 0.1) is 0 Å². The van der Waals surface area contributed by atoms with Gasteiger partial charge in [0.15, 0.2) is 0 Å². The van der Waals surface area contributed by atoms with Crippen LogP contribution in [0.4, 0.5) is 0 Å². The Morgan fingerprint density at radius 2 is 2.15 bits per heavy atom. The molecule has 0 radical (unpaired) electrons. The van der Waals surface area contributed by atoms with Crippen molar-refractivity contribution >= 4 is 27.8 Å². The fourth-order valence-corrected chi connectivity index (χ4v) is 2.09. The first-order valence-corrected chi connectivity index (χ1v) is 7.11. The summed E-state index contributed by atoms with van der Waals surface area (Å²) in [5.41, 5.74) is -0.204. The van der Waals surface area contributed by atoms with Crippen molar-refractivity contribution in [2.75, 3.05) is 0 Å². The molecule has 0 fully saturated rings. The minimum absolute atomic E-state index is 0.0594. The molecule has 0 aromatic carbocycles. The summed E-state index contributed by atoms with van der Waals surface area (Å²) < 4.78 is 2.14. The average Bonchev–Trinajstić information content (AvgIpc) is 2.39. The number of halogens is 1. The van der Waals surface area contributed by atoms with Gasteiger partial charge in [-0.1, -0.05) is 13.3 Å². The highest BCUT2D eigenvalue weighted by atomic mass is 79.9. The third kappa shape index (κ3) is 5.16. The number of carboxylic acid groups (broad SMARTS) is 1. The lowest BCUT2D eigenvalue weighted by Gasteiger charge is -2.13. The summed E-state index contributed by atoms with van der Waals surface area (Å²) in [5.74, 6) is -1.42. The normalized spacial score (nSPS) is 11.9. The van der Waals surface area contributed by atoms with Crippen LogP contribution in [0.5, 0.6) is 0 Å². The Hall–Kier alpha value is -1.63. The molecular formula is C13H17BrN2O4. The van der Waals surface area contributed by atoms with E-state index in [9.17, 15) is 14.4 Å². The summed E-state index contributed by atoms with van der Waals surface area (Å²) in [4.78, 5) is 34.2. The summed E-state index contributed by atoms with van der Waals surface area (Å²) >= 11 is 3.25. The molecule has 0 bridgehead atoms. The molecule has 2 N–H and O–H groups in total. The predicted octanol–water partition coefficient (Wildman–Crippen LogP) is 1.37. The van der Waals surface area contributed by atoms with Crippen LogP contribution in [0.1, 0.15) is 26.2 Å². The van der Waals surface area contributed by atoms with Crippen molar-refractivity contribution in [3.05, 3.63) is 33.2 Å². The molecule has 1 aromatic heterocycles. The number of nitrogens with one attached hydrogen (secondary N) is 1. The second-order valence-electron chi connectivity index (χ2n) is 4.38. The monoisotopic (exact) mass is 344 g/mol. The Balaban J connectivity index is 2.56. The Bertz CT molecular complexity index is 541.